The first kappa shape index (κ1) is 26.7. The second-order valence-electron chi connectivity index (χ2n) is 8.03. The van der Waals surface area contributed by atoms with E-state index in [1.165, 1.54) is 11.3 Å². The van der Waals surface area contributed by atoms with Crippen LogP contribution in [0, 0.1) is 0 Å². The van der Waals surface area contributed by atoms with Crippen molar-refractivity contribution in [2.45, 2.75) is 26.8 Å². The van der Waals surface area contributed by atoms with Crippen LogP contribution in [0.1, 0.15) is 37.9 Å². The number of hydrogen-bond acceptors (Lipinski definition) is 8. The van der Waals surface area contributed by atoms with E-state index < -0.39 is 12.0 Å². The van der Waals surface area contributed by atoms with Crippen molar-refractivity contribution in [1.29, 1.82) is 0 Å². The van der Waals surface area contributed by atoms with Crippen molar-refractivity contribution in [2.24, 2.45) is 4.99 Å². The predicted octanol–water partition coefficient (Wildman–Crippen LogP) is 3.98. The number of hydrogen-bond donors (Lipinski definition) is 0. The zero-order valence-electron chi connectivity index (χ0n) is 21.2. The minimum Gasteiger partial charge on any atom is -0.497 e. The van der Waals surface area contributed by atoms with Crippen molar-refractivity contribution in [3.05, 3.63) is 83.0 Å². The summed E-state index contributed by atoms with van der Waals surface area (Å²) in [4.78, 5) is 32.0. The van der Waals surface area contributed by atoms with E-state index >= 15 is 0 Å². The maximum atomic E-state index is 13.8. The molecule has 2 aromatic carbocycles. The number of benzene rings is 2. The van der Waals surface area contributed by atoms with E-state index in [1.807, 2.05) is 25.1 Å². The van der Waals surface area contributed by atoms with Gasteiger partial charge in [-0.1, -0.05) is 39.4 Å². The third kappa shape index (κ3) is 5.21. The molecule has 1 aromatic heterocycles. The average Bonchev–Trinajstić information content (AvgIpc) is 3.19. The molecule has 0 amide bonds. The molecule has 0 radical (unpaired) electrons. The van der Waals surface area contributed by atoms with E-state index in [2.05, 4.69) is 20.9 Å². The molecule has 10 heteroatoms. The zero-order valence-corrected chi connectivity index (χ0v) is 23.6. The molecular weight excluding hydrogens is 560 g/mol. The minimum absolute atomic E-state index is 0.211. The molecule has 0 saturated carbocycles. The smallest absolute Gasteiger partial charge is 0.338 e. The fourth-order valence-electron chi connectivity index (χ4n) is 4.12. The van der Waals surface area contributed by atoms with Crippen LogP contribution in [0.3, 0.4) is 0 Å². The number of fused-ring (bicyclic) bond motifs is 1. The zero-order chi connectivity index (χ0) is 26.7. The van der Waals surface area contributed by atoms with Crippen molar-refractivity contribution in [3.8, 4) is 17.2 Å². The van der Waals surface area contributed by atoms with Crippen molar-refractivity contribution in [3.63, 3.8) is 0 Å². The number of esters is 1. The Hall–Kier alpha value is -3.37. The largest absolute Gasteiger partial charge is 0.497 e. The van der Waals surface area contributed by atoms with Crippen LogP contribution in [0.4, 0.5) is 0 Å². The molecule has 2 heterocycles. The third-order valence-corrected chi connectivity index (χ3v) is 7.49. The third-order valence-electron chi connectivity index (χ3n) is 5.82. The summed E-state index contributed by atoms with van der Waals surface area (Å²) in [5, 5.41) is 0. The Morgan fingerprint density at radius 3 is 2.46 bits per heavy atom. The van der Waals surface area contributed by atoms with Crippen LogP contribution in [-0.2, 0) is 9.53 Å². The Bertz CT molecular complexity index is 1540. The van der Waals surface area contributed by atoms with Gasteiger partial charge in [-0.15, -0.1) is 0 Å². The minimum atomic E-state index is -0.693. The van der Waals surface area contributed by atoms with Gasteiger partial charge in [0.15, 0.2) is 16.3 Å². The molecule has 1 aliphatic heterocycles. The number of carbonyl (C=O) groups excluding carboxylic acids is 1. The molecular formula is C27H27BrN2O6S. The summed E-state index contributed by atoms with van der Waals surface area (Å²) >= 11 is 4.82. The van der Waals surface area contributed by atoms with E-state index in [0.29, 0.717) is 44.5 Å². The van der Waals surface area contributed by atoms with Gasteiger partial charge in [0, 0.05) is 4.47 Å². The number of allylic oxidation sites excluding steroid dienone is 1. The summed E-state index contributed by atoms with van der Waals surface area (Å²) < 4.78 is 24.5. The van der Waals surface area contributed by atoms with Gasteiger partial charge in [-0.25, -0.2) is 9.79 Å². The maximum Gasteiger partial charge on any atom is 0.338 e. The molecule has 1 atom stereocenters. The van der Waals surface area contributed by atoms with E-state index in [-0.39, 0.29) is 12.2 Å². The second kappa shape index (κ2) is 11.4. The Balaban J connectivity index is 1.93. The van der Waals surface area contributed by atoms with Gasteiger partial charge >= 0.3 is 5.97 Å². The highest BCUT2D eigenvalue weighted by molar-refractivity contribution is 9.10. The number of aromatic nitrogens is 1. The second-order valence-corrected chi connectivity index (χ2v) is 9.90. The summed E-state index contributed by atoms with van der Waals surface area (Å²) in [7, 11) is 3.16. The van der Waals surface area contributed by atoms with Crippen LogP contribution in [0.5, 0.6) is 17.2 Å². The highest BCUT2D eigenvalue weighted by Crippen LogP contribution is 2.34. The normalized spacial score (nSPS) is 15.2. The monoisotopic (exact) mass is 586 g/mol. The summed E-state index contributed by atoms with van der Waals surface area (Å²) in [6, 6.07) is 10.2. The number of ether oxygens (including phenoxy) is 4. The molecule has 3 aromatic rings. The molecule has 4 rings (SSSR count). The molecule has 0 N–H and O–H groups in total. The van der Waals surface area contributed by atoms with Crippen molar-refractivity contribution >= 4 is 39.3 Å². The van der Waals surface area contributed by atoms with E-state index in [0.717, 1.165) is 15.6 Å². The van der Waals surface area contributed by atoms with Crippen LogP contribution in [0.15, 0.2) is 61.9 Å². The van der Waals surface area contributed by atoms with Crippen molar-refractivity contribution in [2.75, 3.05) is 27.4 Å². The number of rotatable bonds is 8. The lowest BCUT2D eigenvalue weighted by molar-refractivity contribution is -0.139. The predicted molar refractivity (Wildman–Crippen MR) is 145 cm³/mol. The van der Waals surface area contributed by atoms with Crippen molar-refractivity contribution < 1.29 is 23.7 Å². The molecule has 0 unspecified atom stereocenters. The molecule has 8 nitrogen and oxygen atoms in total. The summed E-state index contributed by atoms with van der Waals surface area (Å²) in [5.41, 5.74) is 2.07. The van der Waals surface area contributed by atoms with Gasteiger partial charge in [0.1, 0.15) is 5.75 Å². The van der Waals surface area contributed by atoms with E-state index in [4.69, 9.17) is 18.9 Å². The fraction of sp³-hybridized carbons (Fsp3) is 0.296. The van der Waals surface area contributed by atoms with Crippen LogP contribution in [-0.4, -0.2) is 38.0 Å². The lowest BCUT2D eigenvalue weighted by atomic mass is 9.96. The summed E-state index contributed by atoms with van der Waals surface area (Å²) in [6.45, 7) is 6.07. The lowest BCUT2D eigenvalue weighted by Crippen LogP contribution is -2.39. The molecule has 37 heavy (non-hydrogen) atoms. The first-order valence-electron chi connectivity index (χ1n) is 11.7. The summed E-state index contributed by atoms with van der Waals surface area (Å²) in [5.74, 6) is 1.33. The number of nitrogens with zero attached hydrogens (tertiary/aromatic N) is 2. The highest BCUT2D eigenvalue weighted by Gasteiger charge is 2.33. The van der Waals surface area contributed by atoms with E-state index in [1.54, 1.807) is 56.9 Å². The number of halogens is 1. The molecule has 0 aliphatic carbocycles. The van der Waals surface area contributed by atoms with Gasteiger partial charge in [0.05, 0.1) is 49.3 Å². The Labute approximate surface area is 226 Å². The van der Waals surface area contributed by atoms with Gasteiger partial charge in [-0.05, 0) is 62.2 Å². The molecule has 0 spiro atoms. The van der Waals surface area contributed by atoms with Gasteiger partial charge in [0.2, 0.25) is 0 Å². The number of thiazole rings is 1. The molecule has 0 saturated heterocycles. The van der Waals surface area contributed by atoms with Crippen LogP contribution in [0.2, 0.25) is 0 Å². The Kier molecular flexibility index (Phi) is 8.19. The SMILES string of the molecule is CCOC(=O)C1=C(C)N=c2s/c(=C\c3cc(OCC)c(OC)cc3Br)c(=O)n2[C@H]1c1ccc(OC)cc1. The van der Waals surface area contributed by atoms with Gasteiger partial charge in [0.25, 0.3) is 5.56 Å². The van der Waals surface area contributed by atoms with Crippen LogP contribution in [0.25, 0.3) is 6.08 Å². The Morgan fingerprint density at radius 1 is 1.11 bits per heavy atom. The molecule has 0 bridgehead atoms. The van der Waals surface area contributed by atoms with Gasteiger partial charge in [-0.3, -0.25) is 9.36 Å². The quantitative estimate of drug-likeness (QED) is 0.371. The van der Waals surface area contributed by atoms with Crippen LogP contribution >= 0.6 is 27.3 Å². The lowest BCUT2D eigenvalue weighted by Gasteiger charge is -2.24. The number of methoxy groups -OCH3 is 2. The summed E-state index contributed by atoms with van der Waals surface area (Å²) in [6.07, 6.45) is 1.78. The van der Waals surface area contributed by atoms with Crippen LogP contribution < -0.4 is 29.1 Å². The first-order chi connectivity index (χ1) is 17.8. The van der Waals surface area contributed by atoms with Crippen molar-refractivity contribution in [1.82, 2.24) is 4.57 Å². The first-order valence-corrected chi connectivity index (χ1v) is 13.3. The standard InChI is InChI=1S/C27H27BrN2O6S/c1-6-35-21-12-17(19(28)14-20(21)34-5)13-22-25(31)30-24(16-8-10-18(33-4)11-9-16)23(26(32)36-7-2)15(3)29-27(30)37-22/h8-14,24H,6-7H2,1-5H3/b22-13-/t24-/m0/s1. The molecule has 0 fully saturated rings. The van der Waals surface area contributed by atoms with Gasteiger partial charge in [-0.2, -0.15) is 0 Å². The highest BCUT2D eigenvalue weighted by atomic mass is 79.9. The fourth-order valence-corrected chi connectivity index (χ4v) is 5.60. The molecule has 1 aliphatic rings. The Morgan fingerprint density at radius 2 is 1.84 bits per heavy atom. The van der Waals surface area contributed by atoms with Gasteiger partial charge < -0.3 is 18.9 Å². The molecule has 194 valence electrons. The van der Waals surface area contributed by atoms with E-state index in [9.17, 15) is 9.59 Å². The average molecular weight is 587 g/mol. The topological polar surface area (TPSA) is 88.4 Å². The number of carbonyl (C=O) groups is 1. The maximum absolute atomic E-state index is 13.8.